The maximum Gasteiger partial charge on any atom is 0.335 e. The van der Waals surface area contributed by atoms with Crippen LogP contribution in [0.25, 0.3) is 11.4 Å². The molecule has 0 bridgehead atoms. The number of carbonyl (C=O) groups is 2. The molecule has 47 heavy (non-hydrogen) atoms. The number of aryl methyl sites for hydroxylation is 2. The first kappa shape index (κ1) is 34.5. The summed E-state index contributed by atoms with van der Waals surface area (Å²) in [7, 11) is 0. The van der Waals surface area contributed by atoms with Crippen LogP contribution >= 0.6 is 22.9 Å². The van der Waals surface area contributed by atoms with Gasteiger partial charge in [0.25, 0.3) is 5.92 Å². The summed E-state index contributed by atoms with van der Waals surface area (Å²) in [6.07, 6.45) is 1.99. The second-order valence-electron chi connectivity index (χ2n) is 11.3. The van der Waals surface area contributed by atoms with Gasteiger partial charge in [-0.2, -0.15) is 13.9 Å². The fraction of sp³-hybridized carbons (Fsp3) is 0.400. The second kappa shape index (κ2) is 13.4. The van der Waals surface area contributed by atoms with E-state index in [0.717, 1.165) is 17.1 Å². The Balaban J connectivity index is 0.000000378. The number of nitrogens with zero attached hydrogens (tertiary/aromatic N) is 5. The summed E-state index contributed by atoms with van der Waals surface area (Å²) in [5, 5.41) is 37.2. The van der Waals surface area contributed by atoms with Gasteiger partial charge in [0, 0.05) is 54.2 Å². The molecule has 0 radical (unpaired) electrons. The van der Waals surface area contributed by atoms with Crippen molar-refractivity contribution < 1.29 is 47.9 Å². The Morgan fingerprint density at radius 2 is 1.79 bits per heavy atom. The number of thiophene rings is 1. The number of carboxylic acid groups (broad SMARTS) is 2. The minimum absolute atomic E-state index is 0.00754. The third-order valence-electron chi connectivity index (χ3n) is 8.18. The number of aliphatic hydroxyl groups excluding tert-OH is 2. The molecule has 12 nitrogen and oxygen atoms in total. The van der Waals surface area contributed by atoms with Crippen molar-refractivity contribution in [2.24, 2.45) is 0 Å². The van der Waals surface area contributed by atoms with E-state index in [2.05, 4.69) is 15.0 Å². The van der Waals surface area contributed by atoms with E-state index in [1.807, 2.05) is 30.7 Å². The average Bonchev–Trinajstić information content (AvgIpc) is 3.74. The summed E-state index contributed by atoms with van der Waals surface area (Å²) in [6.45, 7) is 5.10. The van der Waals surface area contributed by atoms with Crippen molar-refractivity contribution in [3.63, 3.8) is 0 Å². The van der Waals surface area contributed by atoms with Crippen LogP contribution in [-0.4, -0.2) is 88.5 Å². The van der Waals surface area contributed by atoms with Crippen LogP contribution in [0.15, 0.2) is 42.9 Å². The average molecular weight is 698 g/mol. The number of aromatic nitrogens is 4. The standard InChI is InChI=1S/C26H25ClF3N5OS.C4H6O6/c1-16-18(14-35(32-16)23-20(28)4-3-5-21(23)34-11-8-31-17(34)2)13-33-9-6-25(7-10-33)24-19(12-22(27)37-24)26(29,30)15-36-25;5-1(3(7)8)2(6)4(9)10/h3-5,8,11-12,14H,6-7,9-10,13,15H2,1-2H3;1-2,5-6H,(H,7,8)(H,9,10)/t;1-,2-/m.1/s1. The van der Waals surface area contributed by atoms with Crippen molar-refractivity contribution in [1.82, 2.24) is 24.2 Å². The third kappa shape index (κ3) is 6.93. The van der Waals surface area contributed by atoms with E-state index in [1.165, 1.54) is 23.5 Å². The summed E-state index contributed by atoms with van der Waals surface area (Å²) in [6, 6.07) is 6.32. The number of carboxylic acids is 2. The molecule has 0 amide bonds. The lowest BCUT2D eigenvalue weighted by Gasteiger charge is -2.45. The number of rotatable bonds is 7. The molecule has 0 unspecified atom stereocenters. The summed E-state index contributed by atoms with van der Waals surface area (Å²) in [5.41, 5.74) is 2.07. The number of ether oxygens (including phenoxy) is 1. The van der Waals surface area contributed by atoms with Gasteiger partial charge in [-0.1, -0.05) is 17.7 Å². The van der Waals surface area contributed by atoms with E-state index in [0.29, 0.717) is 53.1 Å². The van der Waals surface area contributed by atoms with Crippen molar-refractivity contribution in [3.05, 3.63) is 80.5 Å². The molecule has 252 valence electrons. The zero-order chi connectivity index (χ0) is 34.3. The highest BCUT2D eigenvalue weighted by Crippen LogP contribution is 2.52. The minimum Gasteiger partial charge on any atom is -0.479 e. The maximum atomic E-state index is 15.1. The van der Waals surface area contributed by atoms with Crippen LogP contribution in [0.3, 0.4) is 0 Å². The zero-order valence-corrected chi connectivity index (χ0v) is 26.7. The number of para-hydroxylation sites is 1. The van der Waals surface area contributed by atoms with Gasteiger partial charge in [-0.05, 0) is 44.9 Å². The number of likely N-dealkylation sites (tertiary alicyclic amines) is 1. The summed E-state index contributed by atoms with van der Waals surface area (Å²) in [5.74, 6) is -6.19. The largest absolute Gasteiger partial charge is 0.479 e. The molecule has 2 atom stereocenters. The van der Waals surface area contributed by atoms with Gasteiger partial charge in [-0.15, -0.1) is 11.3 Å². The van der Waals surface area contributed by atoms with Gasteiger partial charge in [0.15, 0.2) is 18.0 Å². The number of imidazole rings is 1. The van der Waals surface area contributed by atoms with E-state index in [1.54, 1.807) is 23.1 Å². The van der Waals surface area contributed by atoms with Crippen LogP contribution in [0.2, 0.25) is 4.34 Å². The van der Waals surface area contributed by atoms with Crippen molar-refractivity contribution in [3.8, 4) is 11.4 Å². The quantitative estimate of drug-likeness (QED) is 0.222. The number of benzene rings is 1. The van der Waals surface area contributed by atoms with Crippen LogP contribution in [0.5, 0.6) is 0 Å². The Bertz CT molecular complexity index is 1770. The molecule has 2 aliphatic rings. The fourth-order valence-electron chi connectivity index (χ4n) is 5.62. The Morgan fingerprint density at radius 1 is 1.13 bits per heavy atom. The molecule has 0 saturated carbocycles. The normalized spacial score (nSPS) is 18.2. The van der Waals surface area contributed by atoms with Gasteiger partial charge in [0.1, 0.15) is 23.7 Å². The lowest BCUT2D eigenvalue weighted by molar-refractivity contribution is -0.182. The summed E-state index contributed by atoms with van der Waals surface area (Å²) >= 11 is 7.32. The molecule has 1 spiro atoms. The topological polar surface area (TPSA) is 163 Å². The summed E-state index contributed by atoms with van der Waals surface area (Å²) in [4.78, 5) is 26.6. The van der Waals surface area contributed by atoms with Gasteiger partial charge < -0.3 is 29.7 Å². The Morgan fingerprint density at radius 3 is 2.38 bits per heavy atom. The predicted octanol–water partition coefficient (Wildman–Crippen LogP) is 4.02. The first-order valence-corrected chi connectivity index (χ1v) is 15.5. The van der Waals surface area contributed by atoms with Crippen LogP contribution < -0.4 is 0 Å². The number of aliphatic carboxylic acids is 2. The van der Waals surface area contributed by atoms with Crippen molar-refractivity contribution in [1.29, 1.82) is 0 Å². The highest BCUT2D eigenvalue weighted by atomic mass is 35.5. The lowest BCUT2D eigenvalue weighted by Crippen LogP contribution is -2.48. The molecular weight excluding hydrogens is 667 g/mol. The molecule has 1 fully saturated rings. The van der Waals surface area contributed by atoms with Crippen LogP contribution in [-0.2, 0) is 32.4 Å². The molecule has 2 aliphatic heterocycles. The number of hydrogen-bond donors (Lipinski definition) is 4. The number of alkyl halides is 2. The smallest absolute Gasteiger partial charge is 0.335 e. The minimum atomic E-state index is -3.02. The van der Waals surface area contributed by atoms with E-state index in [4.69, 9.17) is 36.8 Å². The van der Waals surface area contributed by atoms with Crippen molar-refractivity contribution in [2.75, 3.05) is 19.7 Å². The first-order chi connectivity index (χ1) is 22.1. The highest BCUT2D eigenvalue weighted by molar-refractivity contribution is 7.16. The summed E-state index contributed by atoms with van der Waals surface area (Å²) < 4.78 is 53.5. The van der Waals surface area contributed by atoms with Gasteiger partial charge in [-0.25, -0.2) is 23.6 Å². The maximum absolute atomic E-state index is 15.1. The molecule has 1 saturated heterocycles. The van der Waals surface area contributed by atoms with Crippen LogP contribution in [0.4, 0.5) is 13.2 Å². The van der Waals surface area contributed by atoms with Gasteiger partial charge in [0.05, 0.1) is 15.7 Å². The zero-order valence-electron chi connectivity index (χ0n) is 25.1. The van der Waals surface area contributed by atoms with Crippen LogP contribution in [0, 0.1) is 19.7 Å². The molecule has 17 heteroatoms. The second-order valence-corrected chi connectivity index (χ2v) is 12.9. The van der Waals surface area contributed by atoms with Gasteiger partial charge in [-0.3, -0.25) is 4.90 Å². The number of piperidine rings is 1. The molecule has 6 rings (SSSR count). The number of fused-ring (bicyclic) bond motifs is 2. The Hall–Kier alpha value is -3.80. The van der Waals surface area contributed by atoms with E-state index in [9.17, 15) is 18.4 Å². The number of halogens is 4. The SMILES string of the molecule is Cc1nn(-c2c(F)cccc2-n2ccnc2C)cc1CN1CCC2(CC1)OCC(F)(F)c1cc(Cl)sc12.O=C(O)[C@H](O)[C@@H](O)C(=O)O. The molecule has 3 aromatic heterocycles. The number of aliphatic hydroxyl groups is 2. The van der Waals surface area contributed by atoms with Crippen molar-refractivity contribution in [2.45, 2.75) is 57.0 Å². The van der Waals surface area contributed by atoms with Crippen molar-refractivity contribution >= 4 is 34.9 Å². The molecular formula is C30H31ClF3N5O7S. The van der Waals surface area contributed by atoms with E-state index in [-0.39, 0.29) is 11.4 Å². The number of hydrogen-bond acceptors (Lipinski definition) is 9. The van der Waals surface area contributed by atoms with Gasteiger partial charge in [0.2, 0.25) is 0 Å². The molecule has 0 aliphatic carbocycles. The third-order valence-corrected chi connectivity index (χ3v) is 9.63. The first-order valence-electron chi connectivity index (χ1n) is 14.3. The molecule has 5 heterocycles. The Kier molecular flexibility index (Phi) is 9.82. The highest BCUT2D eigenvalue weighted by Gasteiger charge is 2.51. The fourth-order valence-corrected chi connectivity index (χ4v) is 7.10. The molecule has 4 aromatic rings. The Labute approximate surface area is 275 Å². The van der Waals surface area contributed by atoms with Gasteiger partial charge >= 0.3 is 11.9 Å². The predicted molar refractivity (Wildman–Crippen MR) is 163 cm³/mol. The lowest BCUT2D eigenvalue weighted by atomic mass is 9.84. The van der Waals surface area contributed by atoms with Crippen LogP contribution in [0.1, 0.15) is 40.4 Å². The molecule has 1 aromatic carbocycles. The monoisotopic (exact) mass is 697 g/mol. The van der Waals surface area contributed by atoms with E-state index < -0.39 is 42.3 Å². The van der Waals surface area contributed by atoms with E-state index >= 15 is 4.39 Å². The molecule has 4 N–H and O–H groups in total.